The second-order valence-corrected chi connectivity index (χ2v) is 2.19. The summed E-state index contributed by atoms with van der Waals surface area (Å²) in [4.78, 5) is 11.0. The number of aromatic nitrogens is 1. The molecule has 2 heteroatoms. The molecule has 11 heavy (non-hydrogen) atoms. The van der Waals surface area contributed by atoms with Crippen LogP contribution in [0.25, 0.3) is 0 Å². The van der Waals surface area contributed by atoms with Crippen molar-refractivity contribution in [3.63, 3.8) is 0 Å². The first-order valence-corrected chi connectivity index (χ1v) is 3.43. The van der Waals surface area contributed by atoms with E-state index in [-0.39, 0.29) is 5.56 Å². The van der Waals surface area contributed by atoms with Crippen molar-refractivity contribution in [2.24, 2.45) is 0 Å². The van der Waals surface area contributed by atoms with Crippen LogP contribution >= 0.6 is 0 Å². The van der Waals surface area contributed by atoms with Crippen LogP contribution in [0.1, 0.15) is 6.42 Å². The van der Waals surface area contributed by atoms with Gasteiger partial charge in [-0.1, -0.05) is 6.07 Å². The van der Waals surface area contributed by atoms with E-state index in [1.807, 2.05) is 6.07 Å². The number of nitrogens with zero attached hydrogens (tertiary/aromatic N) is 1. The summed E-state index contributed by atoms with van der Waals surface area (Å²) >= 11 is 0. The quantitative estimate of drug-likeness (QED) is 0.569. The minimum atomic E-state index is 0.00255. The fourth-order valence-corrected chi connectivity index (χ4v) is 0.830. The second-order valence-electron chi connectivity index (χ2n) is 2.19. The normalized spacial score (nSPS) is 9.00. The fourth-order valence-electron chi connectivity index (χ4n) is 0.830. The molecule has 0 amide bonds. The van der Waals surface area contributed by atoms with E-state index >= 15 is 0 Å². The Balaban J connectivity index is 2.80. The van der Waals surface area contributed by atoms with E-state index in [0.29, 0.717) is 13.0 Å². The van der Waals surface area contributed by atoms with E-state index < -0.39 is 0 Å². The molecule has 56 valence electrons. The Labute approximate surface area is 65.5 Å². The van der Waals surface area contributed by atoms with Crippen LogP contribution in [0.15, 0.2) is 29.2 Å². The molecule has 0 radical (unpaired) electrons. The third-order valence-electron chi connectivity index (χ3n) is 1.40. The molecule has 0 N–H and O–H groups in total. The van der Waals surface area contributed by atoms with Gasteiger partial charge >= 0.3 is 0 Å². The number of pyridine rings is 1. The molecule has 0 saturated heterocycles. The Morgan fingerprint density at radius 3 is 3.00 bits per heavy atom. The van der Waals surface area contributed by atoms with Gasteiger partial charge in [-0.05, 0) is 6.07 Å². The van der Waals surface area contributed by atoms with Crippen molar-refractivity contribution in [1.82, 2.24) is 4.57 Å². The fraction of sp³-hybridized carbons (Fsp3) is 0.222. The molecule has 0 bridgehead atoms. The highest BCUT2D eigenvalue weighted by Crippen LogP contribution is 1.84. The van der Waals surface area contributed by atoms with Crippen molar-refractivity contribution in [3.8, 4) is 12.3 Å². The first kappa shape index (κ1) is 7.62. The average molecular weight is 147 g/mol. The number of aryl methyl sites for hydroxylation is 1. The van der Waals surface area contributed by atoms with E-state index in [2.05, 4.69) is 5.92 Å². The first-order chi connectivity index (χ1) is 5.34. The van der Waals surface area contributed by atoms with Crippen LogP contribution in [-0.4, -0.2) is 4.57 Å². The summed E-state index contributed by atoms with van der Waals surface area (Å²) in [7, 11) is 0. The molecule has 0 saturated carbocycles. The number of rotatable bonds is 2. The molecule has 1 aromatic heterocycles. The Morgan fingerprint density at radius 1 is 1.55 bits per heavy atom. The van der Waals surface area contributed by atoms with E-state index in [0.717, 1.165) is 0 Å². The Morgan fingerprint density at radius 2 is 2.36 bits per heavy atom. The van der Waals surface area contributed by atoms with E-state index in [1.165, 1.54) is 6.07 Å². The van der Waals surface area contributed by atoms with Crippen LogP contribution in [0.4, 0.5) is 0 Å². The zero-order valence-corrected chi connectivity index (χ0v) is 6.16. The summed E-state index contributed by atoms with van der Waals surface area (Å²) in [6, 6.07) is 5.06. The van der Waals surface area contributed by atoms with Gasteiger partial charge in [0.05, 0.1) is 0 Å². The molecule has 2 nitrogen and oxygen atoms in total. The molecule has 0 aliphatic heterocycles. The van der Waals surface area contributed by atoms with Crippen molar-refractivity contribution >= 4 is 0 Å². The van der Waals surface area contributed by atoms with Crippen LogP contribution in [-0.2, 0) is 6.54 Å². The van der Waals surface area contributed by atoms with Crippen LogP contribution in [0, 0.1) is 12.3 Å². The maximum atomic E-state index is 11.0. The largest absolute Gasteiger partial charge is 0.315 e. The first-order valence-electron chi connectivity index (χ1n) is 3.43. The van der Waals surface area contributed by atoms with E-state index in [4.69, 9.17) is 6.42 Å². The highest BCUT2D eigenvalue weighted by Gasteiger charge is 1.89. The van der Waals surface area contributed by atoms with Crippen molar-refractivity contribution in [2.45, 2.75) is 13.0 Å². The zero-order valence-electron chi connectivity index (χ0n) is 6.16. The van der Waals surface area contributed by atoms with Crippen molar-refractivity contribution in [2.75, 3.05) is 0 Å². The minimum absolute atomic E-state index is 0.00255. The Hall–Kier alpha value is -1.49. The molecular formula is C9H9NO. The SMILES string of the molecule is C#CCCn1ccccc1=O. The monoisotopic (exact) mass is 147 g/mol. The molecular weight excluding hydrogens is 138 g/mol. The predicted octanol–water partition coefficient (Wildman–Crippen LogP) is 0.872. The molecule has 1 rings (SSSR count). The molecule has 0 aliphatic rings. The smallest absolute Gasteiger partial charge is 0.250 e. The molecule has 1 aromatic rings. The standard InChI is InChI=1S/C9H9NO/c1-2-3-7-10-8-5-4-6-9(10)11/h1,4-6,8H,3,7H2. The summed E-state index contributed by atoms with van der Waals surface area (Å²) < 4.78 is 1.60. The second kappa shape index (κ2) is 3.62. The van der Waals surface area contributed by atoms with Crippen LogP contribution < -0.4 is 5.56 Å². The van der Waals surface area contributed by atoms with Gasteiger partial charge in [0, 0.05) is 25.2 Å². The zero-order chi connectivity index (χ0) is 8.10. The number of hydrogen-bond donors (Lipinski definition) is 0. The molecule has 0 aromatic carbocycles. The summed E-state index contributed by atoms with van der Waals surface area (Å²) in [5.74, 6) is 2.48. The summed E-state index contributed by atoms with van der Waals surface area (Å²) in [5.41, 5.74) is 0.00255. The maximum absolute atomic E-state index is 11.0. The van der Waals surface area contributed by atoms with Crippen molar-refractivity contribution in [3.05, 3.63) is 34.7 Å². The molecule has 0 aliphatic carbocycles. The molecule has 0 spiro atoms. The van der Waals surface area contributed by atoms with Gasteiger partial charge in [0.1, 0.15) is 0 Å². The maximum Gasteiger partial charge on any atom is 0.250 e. The Kier molecular flexibility index (Phi) is 2.51. The van der Waals surface area contributed by atoms with Gasteiger partial charge in [-0.2, -0.15) is 0 Å². The van der Waals surface area contributed by atoms with E-state index in [1.54, 1.807) is 16.8 Å². The lowest BCUT2D eigenvalue weighted by Crippen LogP contribution is -2.17. The molecule has 0 unspecified atom stereocenters. The van der Waals surface area contributed by atoms with Crippen molar-refractivity contribution in [1.29, 1.82) is 0 Å². The molecule has 0 atom stereocenters. The number of hydrogen-bond acceptors (Lipinski definition) is 1. The third-order valence-corrected chi connectivity index (χ3v) is 1.40. The molecule has 0 fully saturated rings. The minimum Gasteiger partial charge on any atom is -0.315 e. The van der Waals surface area contributed by atoms with Gasteiger partial charge in [-0.25, -0.2) is 0 Å². The van der Waals surface area contributed by atoms with E-state index in [9.17, 15) is 4.79 Å². The van der Waals surface area contributed by atoms with Crippen molar-refractivity contribution < 1.29 is 0 Å². The lowest BCUT2D eigenvalue weighted by atomic mass is 10.4. The van der Waals surface area contributed by atoms with Crippen LogP contribution in [0.3, 0.4) is 0 Å². The van der Waals surface area contributed by atoms with Gasteiger partial charge in [-0.3, -0.25) is 4.79 Å². The highest BCUT2D eigenvalue weighted by atomic mass is 16.1. The van der Waals surface area contributed by atoms with Crippen LogP contribution in [0.5, 0.6) is 0 Å². The van der Waals surface area contributed by atoms with Gasteiger partial charge in [0.15, 0.2) is 0 Å². The number of terminal acetylenes is 1. The predicted molar refractivity (Wildman–Crippen MR) is 44.2 cm³/mol. The van der Waals surface area contributed by atoms with Crippen LogP contribution in [0.2, 0.25) is 0 Å². The third kappa shape index (κ3) is 1.98. The topological polar surface area (TPSA) is 22.0 Å². The highest BCUT2D eigenvalue weighted by molar-refractivity contribution is 4.94. The average Bonchev–Trinajstić information content (AvgIpc) is 2.03. The summed E-state index contributed by atoms with van der Waals surface area (Å²) in [6.45, 7) is 0.607. The summed E-state index contributed by atoms with van der Waals surface area (Å²) in [5, 5.41) is 0. The van der Waals surface area contributed by atoms with Gasteiger partial charge in [0.25, 0.3) is 5.56 Å². The molecule has 1 heterocycles. The van der Waals surface area contributed by atoms with Gasteiger partial charge < -0.3 is 4.57 Å². The summed E-state index contributed by atoms with van der Waals surface area (Å²) in [6.07, 6.45) is 7.40. The Bertz CT molecular complexity index is 319. The van der Waals surface area contributed by atoms with Gasteiger partial charge in [-0.15, -0.1) is 12.3 Å². The lowest BCUT2D eigenvalue weighted by molar-refractivity contribution is 0.689. The van der Waals surface area contributed by atoms with Gasteiger partial charge in [0.2, 0.25) is 0 Å². The lowest BCUT2D eigenvalue weighted by Gasteiger charge is -1.99.